The monoisotopic (exact) mass is 240 g/mol. The zero-order valence-corrected chi connectivity index (χ0v) is 10.3. The van der Waals surface area contributed by atoms with Crippen LogP contribution in [0.3, 0.4) is 0 Å². The molecule has 0 amide bonds. The van der Waals surface area contributed by atoms with Gasteiger partial charge in [-0.3, -0.25) is 0 Å². The van der Waals surface area contributed by atoms with Crippen LogP contribution in [0.2, 0.25) is 0 Å². The smallest absolute Gasteiger partial charge is 0.201 e. The van der Waals surface area contributed by atoms with Crippen molar-refractivity contribution in [3.63, 3.8) is 0 Å². The highest BCUT2D eigenvalue weighted by atomic mass is 17.3. The van der Waals surface area contributed by atoms with Crippen LogP contribution in [0.5, 0.6) is 0 Å². The molecule has 4 nitrogen and oxygen atoms in total. The van der Waals surface area contributed by atoms with Gasteiger partial charge in [0, 0.05) is 6.42 Å². The van der Waals surface area contributed by atoms with Crippen molar-refractivity contribution in [2.24, 2.45) is 11.8 Å². The van der Waals surface area contributed by atoms with E-state index in [1.165, 1.54) is 19.3 Å². The van der Waals surface area contributed by atoms with Crippen molar-refractivity contribution in [1.82, 2.24) is 0 Å². The van der Waals surface area contributed by atoms with Gasteiger partial charge in [-0.15, -0.1) is 0 Å². The number of hydrogen-bond acceptors (Lipinski definition) is 4. The van der Waals surface area contributed by atoms with E-state index in [2.05, 4.69) is 0 Å². The molecule has 1 aliphatic carbocycles. The Kier molecular flexibility index (Phi) is 2.17. The Labute approximate surface area is 101 Å². The first-order chi connectivity index (χ1) is 8.23. The van der Waals surface area contributed by atoms with E-state index in [4.69, 9.17) is 19.2 Å². The van der Waals surface area contributed by atoms with E-state index in [9.17, 15) is 0 Å². The molecule has 0 aromatic rings. The minimum absolute atomic E-state index is 0.215. The Balaban J connectivity index is 1.79. The molecule has 96 valence electrons. The summed E-state index contributed by atoms with van der Waals surface area (Å²) in [7, 11) is 0. The predicted octanol–water partition coefficient (Wildman–Crippen LogP) is 2.38. The Bertz CT molecular complexity index is 331. The van der Waals surface area contributed by atoms with Gasteiger partial charge in [0.1, 0.15) is 0 Å². The van der Waals surface area contributed by atoms with E-state index in [1.807, 2.05) is 6.92 Å². The summed E-state index contributed by atoms with van der Waals surface area (Å²) in [6.45, 7) is 2.76. The van der Waals surface area contributed by atoms with E-state index < -0.39 is 5.79 Å². The van der Waals surface area contributed by atoms with Crippen LogP contribution in [0.15, 0.2) is 0 Å². The SMILES string of the molecule is C[C@@]12CC[C@H]3CCC[C@H]4CCO[C@H](O1)[C@@]34OO2. The fourth-order valence-electron chi connectivity index (χ4n) is 4.21. The lowest BCUT2D eigenvalue weighted by Gasteiger charge is -2.55. The quantitative estimate of drug-likeness (QED) is 0.609. The van der Waals surface area contributed by atoms with Crippen LogP contribution >= 0.6 is 0 Å². The molecular formula is C13H20O4. The molecule has 4 saturated heterocycles. The first-order valence-corrected chi connectivity index (χ1v) is 6.89. The summed E-state index contributed by atoms with van der Waals surface area (Å²) in [5.41, 5.74) is -0.313. The molecule has 0 aromatic heterocycles. The van der Waals surface area contributed by atoms with Gasteiger partial charge in [-0.05, 0) is 44.4 Å². The standard InChI is InChI=1S/C13H20O4/c1-12-7-5-9-3-2-4-10-6-8-14-11(15-12)13(9,10)17-16-12/h9-11H,2-8H2,1H3/t9-,10+,11-,12-,13-/m1/s1. The van der Waals surface area contributed by atoms with Crippen molar-refractivity contribution in [2.75, 3.05) is 6.61 Å². The van der Waals surface area contributed by atoms with Gasteiger partial charge in [-0.1, -0.05) is 6.42 Å². The zero-order valence-electron chi connectivity index (χ0n) is 10.3. The van der Waals surface area contributed by atoms with Gasteiger partial charge in [-0.2, -0.15) is 0 Å². The Hall–Kier alpha value is -0.160. The van der Waals surface area contributed by atoms with E-state index in [1.54, 1.807) is 0 Å². The Morgan fingerprint density at radius 2 is 1.82 bits per heavy atom. The summed E-state index contributed by atoms with van der Waals surface area (Å²) in [6.07, 6.45) is 6.66. The van der Waals surface area contributed by atoms with Crippen LogP contribution in [0.25, 0.3) is 0 Å². The highest BCUT2D eigenvalue weighted by Gasteiger charge is 2.65. The second-order valence-corrected chi connectivity index (χ2v) is 6.13. The molecule has 0 unspecified atom stereocenters. The Morgan fingerprint density at radius 1 is 1.00 bits per heavy atom. The molecule has 0 aromatic carbocycles. The molecule has 17 heavy (non-hydrogen) atoms. The highest BCUT2D eigenvalue weighted by molar-refractivity contribution is 5.05. The van der Waals surface area contributed by atoms with Crippen molar-refractivity contribution < 1.29 is 19.2 Å². The fourth-order valence-corrected chi connectivity index (χ4v) is 4.21. The van der Waals surface area contributed by atoms with Gasteiger partial charge in [0.05, 0.1) is 6.61 Å². The number of fused-ring (bicyclic) bond motifs is 2. The third-order valence-corrected chi connectivity index (χ3v) is 5.15. The molecule has 0 N–H and O–H groups in total. The molecule has 4 heteroatoms. The molecular weight excluding hydrogens is 220 g/mol. The van der Waals surface area contributed by atoms with E-state index in [0.717, 1.165) is 25.9 Å². The van der Waals surface area contributed by atoms with Crippen molar-refractivity contribution in [3.05, 3.63) is 0 Å². The van der Waals surface area contributed by atoms with Gasteiger partial charge in [0.15, 0.2) is 11.9 Å². The van der Waals surface area contributed by atoms with E-state index >= 15 is 0 Å². The number of hydrogen-bond donors (Lipinski definition) is 0. The molecule has 2 bridgehead atoms. The molecule has 4 aliphatic heterocycles. The Morgan fingerprint density at radius 3 is 2.71 bits per heavy atom. The second-order valence-electron chi connectivity index (χ2n) is 6.13. The summed E-state index contributed by atoms with van der Waals surface area (Å²) in [5.74, 6) is 0.480. The van der Waals surface area contributed by atoms with Gasteiger partial charge in [-0.25, -0.2) is 9.78 Å². The molecule has 5 aliphatic rings. The van der Waals surface area contributed by atoms with Crippen molar-refractivity contribution in [2.45, 2.75) is 63.1 Å². The third kappa shape index (κ3) is 1.33. The first-order valence-electron chi connectivity index (χ1n) is 6.89. The van der Waals surface area contributed by atoms with Crippen LogP contribution in [0, 0.1) is 11.8 Å². The van der Waals surface area contributed by atoms with Crippen molar-refractivity contribution >= 4 is 0 Å². The summed E-state index contributed by atoms with van der Waals surface area (Å²) >= 11 is 0. The number of ether oxygens (including phenoxy) is 2. The normalized spacial score (nSPS) is 57.4. The summed E-state index contributed by atoms with van der Waals surface area (Å²) in [4.78, 5) is 11.5. The molecule has 0 radical (unpaired) electrons. The van der Waals surface area contributed by atoms with E-state index in [-0.39, 0.29) is 11.9 Å². The van der Waals surface area contributed by atoms with Crippen LogP contribution in [0.4, 0.5) is 0 Å². The maximum atomic E-state index is 6.06. The van der Waals surface area contributed by atoms with Crippen LogP contribution in [-0.4, -0.2) is 24.3 Å². The van der Waals surface area contributed by atoms with Gasteiger partial charge < -0.3 is 9.47 Å². The second kappa shape index (κ2) is 3.44. The molecule has 5 fully saturated rings. The average Bonchev–Trinajstić information content (AvgIpc) is 2.56. The molecule has 1 spiro atoms. The van der Waals surface area contributed by atoms with Crippen molar-refractivity contribution in [3.8, 4) is 0 Å². The van der Waals surface area contributed by atoms with Crippen molar-refractivity contribution in [1.29, 1.82) is 0 Å². The maximum absolute atomic E-state index is 6.06. The third-order valence-electron chi connectivity index (χ3n) is 5.15. The lowest BCUT2D eigenvalue weighted by molar-refractivity contribution is -0.562. The minimum atomic E-state index is -0.602. The topological polar surface area (TPSA) is 36.9 Å². The number of rotatable bonds is 0. The largest absolute Gasteiger partial charge is 0.349 e. The minimum Gasteiger partial charge on any atom is -0.349 e. The summed E-state index contributed by atoms with van der Waals surface area (Å²) < 4.78 is 11.9. The lowest BCUT2D eigenvalue weighted by Crippen LogP contribution is -2.65. The van der Waals surface area contributed by atoms with Crippen LogP contribution < -0.4 is 0 Å². The predicted molar refractivity (Wildman–Crippen MR) is 58.8 cm³/mol. The maximum Gasteiger partial charge on any atom is 0.201 e. The molecule has 4 heterocycles. The molecule has 5 atom stereocenters. The lowest BCUT2D eigenvalue weighted by atomic mass is 9.65. The average molecular weight is 240 g/mol. The van der Waals surface area contributed by atoms with Crippen LogP contribution in [-0.2, 0) is 19.2 Å². The first kappa shape index (κ1) is 10.7. The van der Waals surface area contributed by atoms with Gasteiger partial charge >= 0.3 is 0 Å². The highest BCUT2D eigenvalue weighted by Crippen LogP contribution is 2.56. The van der Waals surface area contributed by atoms with Gasteiger partial charge in [0.25, 0.3) is 0 Å². The fraction of sp³-hybridized carbons (Fsp3) is 1.00. The zero-order chi connectivity index (χ0) is 11.5. The summed E-state index contributed by atoms with van der Waals surface area (Å²) in [6, 6.07) is 0. The summed E-state index contributed by atoms with van der Waals surface area (Å²) in [5, 5.41) is 0. The molecule has 5 rings (SSSR count). The molecule has 1 saturated carbocycles. The van der Waals surface area contributed by atoms with Crippen LogP contribution in [0.1, 0.15) is 45.4 Å². The van der Waals surface area contributed by atoms with E-state index in [0.29, 0.717) is 11.8 Å². The van der Waals surface area contributed by atoms with Gasteiger partial charge in [0.2, 0.25) is 5.79 Å².